The second-order valence-corrected chi connectivity index (χ2v) is 5.89. The third-order valence-corrected chi connectivity index (χ3v) is 3.37. The Labute approximate surface area is 94.3 Å². The number of carbonyl (C=O) groups is 1. The molecule has 0 radical (unpaired) electrons. The Balaban J connectivity index is 1.93. The van der Waals surface area contributed by atoms with Crippen molar-refractivity contribution in [3.8, 4) is 0 Å². The third kappa shape index (κ3) is 2.78. The molecule has 5 heteroatoms. The highest BCUT2D eigenvalue weighted by Gasteiger charge is 2.43. The van der Waals surface area contributed by atoms with E-state index in [2.05, 4.69) is 0 Å². The molecule has 0 aromatic rings. The van der Waals surface area contributed by atoms with Gasteiger partial charge in [0.05, 0.1) is 18.5 Å². The Morgan fingerprint density at radius 3 is 2.73 bits per heavy atom. The molecule has 2 fully saturated rings. The van der Waals surface area contributed by atoms with Crippen LogP contribution < -0.4 is 0 Å². The van der Waals surface area contributed by atoms with Gasteiger partial charge in [-0.05, 0) is 20.8 Å². The molecule has 0 aromatic carbocycles. The quantitative estimate of drug-likeness (QED) is 0.644. The fraction of sp³-hybridized carbons (Fsp3) is 0.900. The number of hydrogen-bond acceptors (Lipinski definition) is 4. The Kier molecular flexibility index (Phi) is 2.85. The number of nitrogens with zero attached hydrogens (tertiary/aromatic N) is 1. The average Bonchev–Trinajstić information content (AvgIpc) is 2.80. The van der Waals surface area contributed by atoms with E-state index in [9.17, 15) is 4.79 Å². The van der Waals surface area contributed by atoms with Crippen molar-refractivity contribution < 1.29 is 14.3 Å². The van der Waals surface area contributed by atoms with Gasteiger partial charge in [-0.3, -0.25) is 4.90 Å². The molecule has 2 heterocycles. The highest BCUT2D eigenvalue weighted by atomic mass is 32.2. The maximum atomic E-state index is 11.8. The van der Waals surface area contributed by atoms with Gasteiger partial charge in [-0.2, -0.15) is 0 Å². The van der Waals surface area contributed by atoms with E-state index in [4.69, 9.17) is 9.47 Å². The lowest BCUT2D eigenvalue weighted by Gasteiger charge is -2.27. The van der Waals surface area contributed by atoms with Crippen molar-refractivity contribution in [2.45, 2.75) is 38.5 Å². The fourth-order valence-electron chi connectivity index (χ4n) is 1.55. The number of ether oxygens (including phenoxy) is 2. The summed E-state index contributed by atoms with van der Waals surface area (Å²) >= 11 is 1.76. The Hall–Kier alpha value is -0.420. The second-order valence-electron chi connectivity index (χ2n) is 4.89. The molecule has 0 aromatic heterocycles. The summed E-state index contributed by atoms with van der Waals surface area (Å²) in [6.45, 7) is 6.44. The van der Waals surface area contributed by atoms with Crippen LogP contribution in [0.25, 0.3) is 0 Å². The molecular formula is C10H17NO3S. The van der Waals surface area contributed by atoms with Crippen LogP contribution in [0, 0.1) is 0 Å². The van der Waals surface area contributed by atoms with Gasteiger partial charge in [0.15, 0.2) is 0 Å². The molecule has 2 aliphatic rings. The van der Waals surface area contributed by atoms with Gasteiger partial charge in [0.25, 0.3) is 0 Å². The van der Waals surface area contributed by atoms with E-state index in [0.29, 0.717) is 0 Å². The maximum Gasteiger partial charge on any atom is 0.411 e. The van der Waals surface area contributed by atoms with E-state index in [1.807, 2.05) is 20.8 Å². The lowest BCUT2D eigenvalue weighted by molar-refractivity contribution is 0.0218. The number of epoxide rings is 1. The Morgan fingerprint density at radius 2 is 2.20 bits per heavy atom. The molecule has 2 unspecified atom stereocenters. The van der Waals surface area contributed by atoms with E-state index < -0.39 is 5.60 Å². The van der Waals surface area contributed by atoms with Crippen LogP contribution in [0.5, 0.6) is 0 Å². The van der Waals surface area contributed by atoms with Gasteiger partial charge in [-0.25, -0.2) is 4.79 Å². The van der Waals surface area contributed by atoms with Crippen molar-refractivity contribution in [3.05, 3.63) is 0 Å². The summed E-state index contributed by atoms with van der Waals surface area (Å²) < 4.78 is 10.6. The van der Waals surface area contributed by atoms with Crippen molar-refractivity contribution >= 4 is 17.9 Å². The fourth-order valence-corrected chi connectivity index (χ4v) is 2.79. The van der Waals surface area contributed by atoms with Crippen LogP contribution in [0.3, 0.4) is 0 Å². The largest absolute Gasteiger partial charge is 0.444 e. The normalized spacial score (nSPS) is 30.5. The van der Waals surface area contributed by atoms with Gasteiger partial charge in [0, 0.05) is 5.75 Å². The highest BCUT2D eigenvalue weighted by molar-refractivity contribution is 7.99. The van der Waals surface area contributed by atoms with Gasteiger partial charge in [-0.15, -0.1) is 11.8 Å². The van der Waals surface area contributed by atoms with E-state index in [1.54, 1.807) is 16.7 Å². The van der Waals surface area contributed by atoms with Gasteiger partial charge in [-0.1, -0.05) is 0 Å². The van der Waals surface area contributed by atoms with Gasteiger partial charge in [0.1, 0.15) is 11.7 Å². The monoisotopic (exact) mass is 231 g/mol. The van der Waals surface area contributed by atoms with Crippen molar-refractivity contribution in [1.82, 2.24) is 4.90 Å². The van der Waals surface area contributed by atoms with Crippen molar-refractivity contribution in [3.63, 3.8) is 0 Å². The zero-order chi connectivity index (χ0) is 11.1. The average molecular weight is 231 g/mol. The Bertz CT molecular complexity index is 260. The standard InChI is InChI=1S/C10H17NO3S/c1-10(2,3)14-9(12)11-6-15-5-7(11)8-4-13-8/h7-8H,4-6H2,1-3H3. The van der Waals surface area contributed by atoms with Crippen molar-refractivity contribution in [2.75, 3.05) is 18.2 Å². The maximum absolute atomic E-state index is 11.8. The summed E-state index contributed by atoms with van der Waals surface area (Å²) in [6, 6.07) is 0.213. The van der Waals surface area contributed by atoms with E-state index in [0.717, 1.165) is 18.2 Å². The molecule has 0 saturated carbocycles. The number of hydrogen-bond donors (Lipinski definition) is 0. The lowest BCUT2D eigenvalue weighted by Crippen LogP contribution is -2.43. The van der Waals surface area contributed by atoms with Crippen LogP contribution in [0.4, 0.5) is 4.79 Å². The molecule has 2 rings (SSSR count). The summed E-state index contributed by atoms with van der Waals surface area (Å²) in [5.41, 5.74) is -0.417. The van der Waals surface area contributed by atoms with Gasteiger partial charge >= 0.3 is 6.09 Å². The molecule has 1 amide bonds. The SMILES string of the molecule is CC(C)(C)OC(=O)N1CSCC1C1CO1. The molecule has 2 saturated heterocycles. The van der Waals surface area contributed by atoms with E-state index in [-0.39, 0.29) is 18.2 Å². The smallest absolute Gasteiger partial charge is 0.411 e. The topological polar surface area (TPSA) is 42.1 Å². The van der Waals surface area contributed by atoms with Crippen LogP contribution in [0.1, 0.15) is 20.8 Å². The van der Waals surface area contributed by atoms with E-state index in [1.165, 1.54) is 0 Å². The first-order valence-electron chi connectivity index (χ1n) is 5.16. The number of thioether (sulfide) groups is 1. The van der Waals surface area contributed by atoms with Crippen LogP contribution in [-0.2, 0) is 9.47 Å². The Morgan fingerprint density at radius 1 is 1.53 bits per heavy atom. The molecule has 4 nitrogen and oxygen atoms in total. The van der Waals surface area contributed by atoms with E-state index >= 15 is 0 Å². The summed E-state index contributed by atoms with van der Waals surface area (Å²) in [4.78, 5) is 13.6. The van der Waals surface area contributed by atoms with Crippen LogP contribution >= 0.6 is 11.8 Å². The number of rotatable bonds is 1. The molecular weight excluding hydrogens is 214 g/mol. The van der Waals surface area contributed by atoms with Crippen LogP contribution in [0.15, 0.2) is 0 Å². The zero-order valence-corrected chi connectivity index (χ0v) is 10.2. The minimum Gasteiger partial charge on any atom is -0.444 e. The highest BCUT2D eigenvalue weighted by Crippen LogP contribution is 2.30. The lowest BCUT2D eigenvalue weighted by atomic mass is 10.2. The molecule has 0 aliphatic carbocycles. The summed E-state index contributed by atoms with van der Waals surface area (Å²) in [6.07, 6.45) is 0.0283. The minimum atomic E-state index is -0.417. The summed E-state index contributed by atoms with van der Waals surface area (Å²) in [7, 11) is 0. The molecule has 0 bridgehead atoms. The summed E-state index contributed by atoms with van der Waals surface area (Å²) in [5, 5.41) is 0. The first-order chi connectivity index (χ1) is 6.97. The number of amides is 1. The van der Waals surface area contributed by atoms with Crippen LogP contribution in [-0.4, -0.2) is 47.0 Å². The van der Waals surface area contributed by atoms with Gasteiger partial charge < -0.3 is 9.47 Å². The first-order valence-corrected chi connectivity index (χ1v) is 6.32. The predicted molar refractivity (Wildman–Crippen MR) is 58.9 cm³/mol. The molecule has 0 N–H and O–H groups in total. The van der Waals surface area contributed by atoms with Crippen LogP contribution in [0.2, 0.25) is 0 Å². The van der Waals surface area contributed by atoms with Crippen molar-refractivity contribution in [1.29, 1.82) is 0 Å². The van der Waals surface area contributed by atoms with Gasteiger partial charge in [0.2, 0.25) is 0 Å². The summed E-state index contributed by atoms with van der Waals surface area (Å²) in [5.74, 6) is 1.68. The number of carbonyl (C=O) groups excluding carboxylic acids is 1. The molecule has 86 valence electrons. The predicted octanol–water partition coefficient (Wildman–Crippen LogP) is 1.70. The second kappa shape index (κ2) is 3.87. The molecule has 0 spiro atoms. The minimum absolute atomic E-state index is 0.213. The molecule has 15 heavy (non-hydrogen) atoms. The van der Waals surface area contributed by atoms with Crippen molar-refractivity contribution in [2.24, 2.45) is 0 Å². The first kappa shape index (κ1) is 11.1. The molecule has 2 aliphatic heterocycles. The zero-order valence-electron chi connectivity index (χ0n) is 9.36. The molecule has 2 atom stereocenters. The third-order valence-electron chi connectivity index (χ3n) is 2.34.